The van der Waals surface area contributed by atoms with E-state index in [-0.39, 0.29) is 23.7 Å². The lowest BCUT2D eigenvalue weighted by Gasteiger charge is -2.29. The fraction of sp³-hybridized carbons (Fsp3) is 0.524. The highest BCUT2D eigenvalue weighted by molar-refractivity contribution is 6.05. The molecule has 0 N–H and O–H groups in total. The van der Waals surface area contributed by atoms with Gasteiger partial charge in [-0.05, 0) is 37.6 Å². The van der Waals surface area contributed by atoms with Crippen LogP contribution in [0.4, 0.5) is 5.69 Å². The van der Waals surface area contributed by atoms with Crippen LogP contribution < -0.4 is 4.90 Å². The van der Waals surface area contributed by atoms with E-state index in [9.17, 15) is 9.59 Å². The van der Waals surface area contributed by atoms with E-state index in [1.54, 1.807) is 0 Å². The van der Waals surface area contributed by atoms with E-state index in [0.717, 1.165) is 26.3 Å². The summed E-state index contributed by atoms with van der Waals surface area (Å²) in [6, 6.07) is 8.53. The van der Waals surface area contributed by atoms with Crippen LogP contribution in [0.15, 0.2) is 36.4 Å². The molecule has 0 aromatic heterocycles. The van der Waals surface area contributed by atoms with E-state index < -0.39 is 0 Å². The van der Waals surface area contributed by atoms with Crippen LogP contribution in [0.3, 0.4) is 0 Å². The van der Waals surface area contributed by atoms with Crippen LogP contribution in [0, 0.1) is 11.8 Å². The number of likely N-dealkylation sites (tertiary alicyclic amines) is 1. The number of amides is 2. The van der Waals surface area contributed by atoms with Gasteiger partial charge in [-0.1, -0.05) is 24.3 Å². The summed E-state index contributed by atoms with van der Waals surface area (Å²) < 4.78 is 5.40. The van der Waals surface area contributed by atoms with Crippen LogP contribution >= 0.6 is 0 Å². The summed E-state index contributed by atoms with van der Waals surface area (Å²) in [6.07, 6.45) is 5.43. The molecule has 0 bridgehead atoms. The number of hydrogen-bond acceptors (Lipinski definition) is 5. The van der Waals surface area contributed by atoms with Gasteiger partial charge in [0.05, 0.1) is 31.7 Å². The van der Waals surface area contributed by atoms with Crippen molar-refractivity contribution in [3.63, 3.8) is 0 Å². The van der Waals surface area contributed by atoms with Gasteiger partial charge in [-0.3, -0.25) is 19.4 Å². The quantitative estimate of drug-likeness (QED) is 0.586. The second kappa shape index (κ2) is 7.82. The molecule has 3 aliphatic rings. The smallest absolute Gasteiger partial charge is 0.234 e. The number of morpholine rings is 1. The number of anilines is 1. The third-order valence-corrected chi connectivity index (χ3v) is 5.75. The van der Waals surface area contributed by atoms with Gasteiger partial charge in [0.2, 0.25) is 11.8 Å². The molecule has 27 heavy (non-hydrogen) atoms. The molecule has 2 amide bonds. The maximum Gasteiger partial charge on any atom is 0.234 e. The molecule has 6 nitrogen and oxygen atoms in total. The van der Waals surface area contributed by atoms with Crippen LogP contribution in [0.1, 0.15) is 18.4 Å². The zero-order valence-electron chi connectivity index (χ0n) is 15.8. The van der Waals surface area contributed by atoms with Gasteiger partial charge in [0.25, 0.3) is 0 Å². The predicted octanol–water partition coefficient (Wildman–Crippen LogP) is 1.86. The van der Waals surface area contributed by atoms with Crippen molar-refractivity contribution in [3.05, 3.63) is 42.0 Å². The number of carbonyl (C=O) groups excluding carboxylic acids is 2. The Balaban J connectivity index is 1.34. The largest absolute Gasteiger partial charge is 0.378 e. The highest BCUT2D eigenvalue weighted by Crippen LogP contribution is 2.35. The van der Waals surface area contributed by atoms with Gasteiger partial charge in [0.1, 0.15) is 0 Å². The molecule has 0 unspecified atom stereocenters. The third-order valence-electron chi connectivity index (χ3n) is 5.75. The number of hydrogen-bond donors (Lipinski definition) is 0. The average Bonchev–Trinajstić information content (AvgIpc) is 2.94. The minimum atomic E-state index is -0.149. The summed E-state index contributed by atoms with van der Waals surface area (Å²) in [4.78, 5) is 31.0. The maximum absolute atomic E-state index is 12.6. The maximum atomic E-state index is 12.6. The number of carbonyl (C=O) groups is 2. The van der Waals surface area contributed by atoms with Crippen molar-refractivity contribution in [3.8, 4) is 0 Å². The normalized spacial score (nSPS) is 25.4. The number of ether oxygens (including phenoxy) is 1. The molecule has 2 heterocycles. The standard InChI is InChI=1S/C21H27N3O3/c1-22(15-24-20(25)18-4-2-3-5-19(18)21(24)26)14-16-6-8-17(9-7-16)23-10-12-27-13-11-23/h2-3,6-9,18-19H,4-5,10-15H2,1H3/t18-,19-/m0/s1. The summed E-state index contributed by atoms with van der Waals surface area (Å²) in [5.41, 5.74) is 2.39. The fourth-order valence-electron chi connectivity index (χ4n) is 4.25. The van der Waals surface area contributed by atoms with Gasteiger partial charge < -0.3 is 9.64 Å². The van der Waals surface area contributed by atoms with Crippen LogP contribution in [0.5, 0.6) is 0 Å². The zero-order chi connectivity index (χ0) is 18.8. The summed E-state index contributed by atoms with van der Waals surface area (Å²) in [5.74, 6) is -0.319. The highest BCUT2D eigenvalue weighted by Gasteiger charge is 2.47. The molecule has 0 spiro atoms. The van der Waals surface area contributed by atoms with E-state index >= 15 is 0 Å². The zero-order valence-corrected chi connectivity index (χ0v) is 15.8. The Bertz CT molecular complexity index is 699. The first kappa shape index (κ1) is 18.2. The van der Waals surface area contributed by atoms with Crippen molar-refractivity contribution in [2.75, 3.05) is 44.9 Å². The van der Waals surface area contributed by atoms with Gasteiger partial charge in [0, 0.05) is 25.3 Å². The highest BCUT2D eigenvalue weighted by atomic mass is 16.5. The van der Waals surface area contributed by atoms with Crippen LogP contribution in [-0.4, -0.2) is 61.6 Å². The number of nitrogens with zero attached hydrogens (tertiary/aromatic N) is 3. The lowest BCUT2D eigenvalue weighted by molar-refractivity contribution is -0.142. The molecule has 2 fully saturated rings. The number of imide groups is 1. The summed E-state index contributed by atoms with van der Waals surface area (Å²) in [6.45, 7) is 4.47. The molecule has 1 aromatic carbocycles. The molecule has 1 aliphatic carbocycles. The Kier molecular flexibility index (Phi) is 5.27. The number of fused-ring (bicyclic) bond motifs is 1. The van der Waals surface area contributed by atoms with Crippen molar-refractivity contribution >= 4 is 17.5 Å². The molecular weight excluding hydrogens is 342 g/mol. The van der Waals surface area contributed by atoms with Crippen molar-refractivity contribution in [2.45, 2.75) is 19.4 Å². The van der Waals surface area contributed by atoms with E-state index in [1.807, 2.05) is 24.1 Å². The Labute approximate surface area is 160 Å². The molecule has 6 heteroatoms. The first-order valence-corrected chi connectivity index (χ1v) is 9.74. The topological polar surface area (TPSA) is 53.1 Å². The number of rotatable bonds is 5. The lowest BCUT2D eigenvalue weighted by atomic mass is 9.85. The summed E-state index contributed by atoms with van der Waals surface area (Å²) in [5, 5.41) is 0. The van der Waals surface area contributed by atoms with Crippen LogP contribution in [-0.2, 0) is 20.9 Å². The minimum Gasteiger partial charge on any atom is -0.378 e. The van der Waals surface area contributed by atoms with Crippen LogP contribution in [0.2, 0.25) is 0 Å². The van der Waals surface area contributed by atoms with Gasteiger partial charge in [-0.2, -0.15) is 0 Å². The predicted molar refractivity (Wildman–Crippen MR) is 103 cm³/mol. The summed E-state index contributed by atoms with van der Waals surface area (Å²) in [7, 11) is 1.96. The van der Waals surface area contributed by atoms with Gasteiger partial charge >= 0.3 is 0 Å². The molecule has 2 atom stereocenters. The Morgan fingerprint density at radius 2 is 1.59 bits per heavy atom. The van der Waals surface area contributed by atoms with Gasteiger partial charge in [0.15, 0.2) is 0 Å². The Morgan fingerprint density at radius 3 is 2.19 bits per heavy atom. The summed E-state index contributed by atoms with van der Waals surface area (Å²) >= 11 is 0. The molecule has 0 saturated carbocycles. The van der Waals surface area contributed by atoms with Gasteiger partial charge in [-0.15, -0.1) is 0 Å². The van der Waals surface area contributed by atoms with E-state index in [1.165, 1.54) is 16.2 Å². The fourth-order valence-corrected chi connectivity index (χ4v) is 4.25. The van der Waals surface area contributed by atoms with Crippen molar-refractivity contribution in [1.82, 2.24) is 9.80 Å². The molecule has 2 saturated heterocycles. The average molecular weight is 369 g/mol. The second-order valence-electron chi connectivity index (χ2n) is 7.68. The van der Waals surface area contributed by atoms with Crippen LogP contribution in [0.25, 0.3) is 0 Å². The van der Waals surface area contributed by atoms with Crippen molar-refractivity contribution in [2.24, 2.45) is 11.8 Å². The molecule has 144 valence electrons. The van der Waals surface area contributed by atoms with E-state index in [4.69, 9.17) is 4.74 Å². The minimum absolute atomic E-state index is 0.0103. The molecule has 0 radical (unpaired) electrons. The monoisotopic (exact) mass is 369 g/mol. The Morgan fingerprint density at radius 1 is 1.00 bits per heavy atom. The first-order chi connectivity index (χ1) is 13.1. The Hall–Kier alpha value is -2.18. The number of allylic oxidation sites excluding steroid dienone is 2. The molecule has 2 aliphatic heterocycles. The molecule has 1 aromatic rings. The third kappa shape index (κ3) is 3.77. The lowest BCUT2D eigenvalue weighted by Crippen LogP contribution is -2.40. The molecular formula is C21H27N3O3. The van der Waals surface area contributed by atoms with Crippen molar-refractivity contribution < 1.29 is 14.3 Å². The van der Waals surface area contributed by atoms with Crippen molar-refractivity contribution in [1.29, 1.82) is 0 Å². The van der Waals surface area contributed by atoms with E-state index in [2.05, 4.69) is 29.2 Å². The van der Waals surface area contributed by atoms with E-state index in [0.29, 0.717) is 26.1 Å². The second-order valence-corrected chi connectivity index (χ2v) is 7.68. The number of benzene rings is 1. The SMILES string of the molecule is CN(Cc1ccc(N2CCOCC2)cc1)CN1C(=O)[C@H]2CC=CC[C@@H]2C1=O. The molecule has 4 rings (SSSR count). The van der Waals surface area contributed by atoms with Gasteiger partial charge in [-0.25, -0.2) is 0 Å². The first-order valence-electron chi connectivity index (χ1n) is 9.74.